The van der Waals surface area contributed by atoms with Gasteiger partial charge in [0.2, 0.25) is 0 Å². The van der Waals surface area contributed by atoms with Crippen molar-refractivity contribution in [3.8, 4) is 0 Å². The monoisotopic (exact) mass is 308 g/mol. The molecule has 0 amide bonds. The molecule has 0 aliphatic heterocycles. The van der Waals surface area contributed by atoms with E-state index in [0.717, 1.165) is 10.1 Å². The maximum atomic E-state index is 12.4. The smallest absolute Gasteiger partial charge is 0.269 e. The van der Waals surface area contributed by atoms with E-state index in [1.807, 2.05) is 30.3 Å². The highest BCUT2D eigenvalue weighted by molar-refractivity contribution is 7.71. The van der Waals surface area contributed by atoms with E-state index >= 15 is 0 Å². The molecule has 0 radical (unpaired) electrons. The van der Waals surface area contributed by atoms with Crippen molar-refractivity contribution in [1.82, 2.24) is 9.55 Å². The largest absolute Gasteiger partial charge is 0.331 e. The summed E-state index contributed by atoms with van der Waals surface area (Å²) in [6.45, 7) is 0. The quantitative estimate of drug-likeness (QED) is 0.583. The Labute approximate surface area is 131 Å². The number of aromatic nitrogens is 2. The number of carbonyl (C=O) groups is 1. The third-order valence-corrected chi connectivity index (χ3v) is 3.53. The standard InChI is InChI=1S/C17H12N2O2S/c20-15(11-10-12-6-2-1-3-7-12)19-16(21)13-8-4-5-9-14(13)18-17(19)22/h1-11H,(H,18,22). The average molecular weight is 308 g/mol. The minimum atomic E-state index is -0.471. The minimum absolute atomic E-state index is 0.0893. The highest BCUT2D eigenvalue weighted by Crippen LogP contribution is 2.06. The number of benzene rings is 2. The predicted molar refractivity (Wildman–Crippen MR) is 89.5 cm³/mol. The van der Waals surface area contributed by atoms with Crippen LogP contribution in [-0.4, -0.2) is 15.5 Å². The molecule has 0 unspecified atom stereocenters. The van der Waals surface area contributed by atoms with Gasteiger partial charge in [-0.25, -0.2) is 4.57 Å². The van der Waals surface area contributed by atoms with Crippen LogP contribution in [0.1, 0.15) is 10.4 Å². The number of aromatic amines is 1. The fraction of sp³-hybridized carbons (Fsp3) is 0. The van der Waals surface area contributed by atoms with Gasteiger partial charge in [-0.15, -0.1) is 0 Å². The van der Waals surface area contributed by atoms with Crippen LogP contribution in [0.5, 0.6) is 0 Å². The third-order valence-electron chi connectivity index (χ3n) is 3.24. The Morgan fingerprint density at radius 2 is 1.73 bits per heavy atom. The first-order valence-electron chi connectivity index (χ1n) is 6.68. The van der Waals surface area contributed by atoms with Crippen molar-refractivity contribution in [1.29, 1.82) is 0 Å². The Bertz CT molecular complexity index is 985. The lowest BCUT2D eigenvalue weighted by atomic mass is 10.2. The number of fused-ring (bicyclic) bond motifs is 1. The molecule has 0 aliphatic rings. The van der Waals surface area contributed by atoms with Gasteiger partial charge in [0.1, 0.15) is 0 Å². The lowest BCUT2D eigenvalue weighted by Gasteiger charge is -2.04. The SMILES string of the molecule is O=C(C=Cc1ccccc1)n1c(=S)[nH]c2ccccc2c1=O. The summed E-state index contributed by atoms with van der Waals surface area (Å²) in [6.07, 6.45) is 2.99. The Morgan fingerprint density at radius 1 is 1.05 bits per heavy atom. The van der Waals surface area contributed by atoms with Gasteiger partial charge in [-0.2, -0.15) is 0 Å². The van der Waals surface area contributed by atoms with Crippen molar-refractivity contribution < 1.29 is 4.79 Å². The minimum Gasteiger partial charge on any atom is -0.331 e. The summed E-state index contributed by atoms with van der Waals surface area (Å²) >= 11 is 5.13. The number of rotatable bonds is 2. The van der Waals surface area contributed by atoms with Crippen molar-refractivity contribution >= 4 is 35.1 Å². The highest BCUT2D eigenvalue weighted by Gasteiger charge is 2.09. The maximum Gasteiger partial charge on any atom is 0.269 e. The van der Waals surface area contributed by atoms with Crippen molar-refractivity contribution in [2.24, 2.45) is 0 Å². The van der Waals surface area contributed by atoms with E-state index in [4.69, 9.17) is 12.2 Å². The summed E-state index contributed by atoms with van der Waals surface area (Å²) in [5.41, 5.74) is 1.08. The molecule has 0 fully saturated rings. The maximum absolute atomic E-state index is 12.4. The lowest BCUT2D eigenvalue weighted by Crippen LogP contribution is -2.27. The van der Waals surface area contributed by atoms with Crippen molar-refractivity contribution in [3.63, 3.8) is 0 Å². The van der Waals surface area contributed by atoms with Crippen LogP contribution >= 0.6 is 12.2 Å². The molecule has 0 saturated heterocycles. The van der Waals surface area contributed by atoms with Gasteiger partial charge in [0, 0.05) is 6.08 Å². The van der Waals surface area contributed by atoms with Crippen molar-refractivity contribution in [2.75, 3.05) is 0 Å². The fourth-order valence-corrected chi connectivity index (χ4v) is 2.45. The van der Waals surface area contributed by atoms with E-state index in [2.05, 4.69) is 4.98 Å². The summed E-state index contributed by atoms with van der Waals surface area (Å²) in [7, 11) is 0. The zero-order chi connectivity index (χ0) is 15.5. The van der Waals surface area contributed by atoms with Gasteiger partial charge in [0.25, 0.3) is 11.5 Å². The molecule has 4 nitrogen and oxygen atoms in total. The van der Waals surface area contributed by atoms with Gasteiger partial charge in [-0.3, -0.25) is 9.59 Å². The second-order valence-electron chi connectivity index (χ2n) is 4.70. The molecule has 3 aromatic rings. The molecular weight excluding hydrogens is 296 g/mol. The Morgan fingerprint density at radius 3 is 2.50 bits per heavy atom. The molecule has 1 aromatic heterocycles. The van der Waals surface area contributed by atoms with E-state index in [-0.39, 0.29) is 4.77 Å². The van der Waals surface area contributed by atoms with Gasteiger partial charge in [0.05, 0.1) is 10.9 Å². The van der Waals surface area contributed by atoms with E-state index in [1.54, 1.807) is 30.3 Å². The number of H-pyrrole nitrogens is 1. The molecule has 22 heavy (non-hydrogen) atoms. The second-order valence-corrected chi connectivity index (χ2v) is 5.09. The number of nitrogens with zero attached hydrogens (tertiary/aromatic N) is 1. The van der Waals surface area contributed by atoms with Crippen LogP contribution in [0.2, 0.25) is 0 Å². The summed E-state index contributed by atoms with van der Waals surface area (Å²) < 4.78 is 1.06. The number of para-hydroxylation sites is 1. The molecule has 0 spiro atoms. The predicted octanol–water partition coefficient (Wildman–Crippen LogP) is 3.41. The number of hydrogen-bond acceptors (Lipinski definition) is 3. The van der Waals surface area contributed by atoms with Gasteiger partial charge in [-0.1, -0.05) is 42.5 Å². The van der Waals surface area contributed by atoms with E-state index in [0.29, 0.717) is 10.9 Å². The summed E-state index contributed by atoms with van der Waals surface area (Å²) in [5.74, 6) is -0.471. The van der Waals surface area contributed by atoms with Gasteiger partial charge in [0.15, 0.2) is 4.77 Å². The molecule has 1 heterocycles. The van der Waals surface area contributed by atoms with E-state index in [9.17, 15) is 9.59 Å². The first-order chi connectivity index (χ1) is 10.7. The van der Waals surface area contributed by atoms with Crippen molar-refractivity contribution in [2.45, 2.75) is 0 Å². The molecule has 0 bridgehead atoms. The van der Waals surface area contributed by atoms with Crippen LogP contribution < -0.4 is 5.56 Å². The Hall–Kier alpha value is -2.79. The molecule has 1 N–H and O–H groups in total. The van der Waals surface area contributed by atoms with Crippen LogP contribution in [-0.2, 0) is 0 Å². The number of hydrogen-bond donors (Lipinski definition) is 1. The van der Waals surface area contributed by atoms with Gasteiger partial charge in [-0.05, 0) is 36.0 Å². The highest BCUT2D eigenvalue weighted by atomic mass is 32.1. The van der Waals surface area contributed by atoms with Crippen LogP contribution in [0.25, 0.3) is 17.0 Å². The van der Waals surface area contributed by atoms with Crippen LogP contribution in [0.15, 0.2) is 65.5 Å². The first-order valence-corrected chi connectivity index (χ1v) is 7.09. The number of carbonyl (C=O) groups excluding carboxylic acids is 1. The lowest BCUT2D eigenvalue weighted by molar-refractivity contribution is 0.0963. The third kappa shape index (κ3) is 2.66. The van der Waals surface area contributed by atoms with Crippen LogP contribution in [0, 0.1) is 4.77 Å². The molecular formula is C17H12N2O2S. The van der Waals surface area contributed by atoms with E-state index < -0.39 is 11.5 Å². The molecule has 108 valence electrons. The summed E-state index contributed by atoms with van der Waals surface area (Å²) in [5, 5.41) is 0.428. The normalized spacial score (nSPS) is 11.1. The number of nitrogens with one attached hydrogen (secondary N) is 1. The second kappa shape index (κ2) is 5.91. The Kier molecular flexibility index (Phi) is 3.80. The first kappa shape index (κ1) is 14.2. The molecule has 2 aromatic carbocycles. The zero-order valence-electron chi connectivity index (χ0n) is 11.5. The zero-order valence-corrected chi connectivity index (χ0v) is 12.3. The van der Waals surface area contributed by atoms with Crippen LogP contribution in [0.4, 0.5) is 0 Å². The molecule has 0 saturated carbocycles. The van der Waals surface area contributed by atoms with Crippen LogP contribution in [0.3, 0.4) is 0 Å². The van der Waals surface area contributed by atoms with Crippen molar-refractivity contribution in [3.05, 3.63) is 81.4 Å². The number of allylic oxidation sites excluding steroid dienone is 1. The Balaban J connectivity index is 2.07. The average Bonchev–Trinajstić information content (AvgIpc) is 2.54. The topological polar surface area (TPSA) is 54.9 Å². The summed E-state index contributed by atoms with van der Waals surface area (Å²) in [6, 6.07) is 16.3. The fourth-order valence-electron chi connectivity index (χ4n) is 2.17. The molecule has 0 aliphatic carbocycles. The molecule has 3 rings (SSSR count). The van der Waals surface area contributed by atoms with E-state index in [1.165, 1.54) is 6.08 Å². The van der Waals surface area contributed by atoms with Gasteiger partial charge < -0.3 is 4.98 Å². The summed E-state index contributed by atoms with van der Waals surface area (Å²) in [4.78, 5) is 27.6. The molecule has 5 heteroatoms. The van der Waals surface area contributed by atoms with Gasteiger partial charge >= 0.3 is 0 Å². The molecule has 0 atom stereocenters.